The summed E-state index contributed by atoms with van der Waals surface area (Å²) in [6.45, 7) is -0.0148. The highest BCUT2D eigenvalue weighted by Crippen LogP contribution is 2.20. The number of carboxylic acid groups (broad SMARTS) is 1. The number of aliphatic hydroxyl groups is 1. The molecular weight excluding hydrogens is 276 g/mol. The number of phenols is 1. The van der Waals surface area contributed by atoms with E-state index < -0.39 is 30.1 Å². The molecule has 0 spiro atoms. The van der Waals surface area contributed by atoms with E-state index in [4.69, 9.17) is 10.8 Å². The first-order valence-electron chi connectivity index (χ1n) is 6.63. The second kappa shape index (κ2) is 6.11. The van der Waals surface area contributed by atoms with E-state index >= 15 is 0 Å². The molecule has 1 heterocycles. The van der Waals surface area contributed by atoms with E-state index in [1.807, 2.05) is 0 Å². The number of phenolic OH excluding ortho intramolecular Hbond substituents is 1. The van der Waals surface area contributed by atoms with Crippen molar-refractivity contribution >= 4 is 11.9 Å². The molecule has 3 atom stereocenters. The van der Waals surface area contributed by atoms with Crippen molar-refractivity contribution in [3.05, 3.63) is 29.8 Å². The lowest BCUT2D eigenvalue weighted by Gasteiger charge is -2.24. The first-order chi connectivity index (χ1) is 9.88. The summed E-state index contributed by atoms with van der Waals surface area (Å²) in [6, 6.07) is 4.37. The largest absolute Gasteiger partial charge is 0.508 e. The summed E-state index contributed by atoms with van der Waals surface area (Å²) in [6.07, 6.45) is -0.582. The molecule has 5 N–H and O–H groups in total. The molecular formula is C14H18N2O5. The number of likely N-dealkylation sites (tertiary alicyclic amines) is 1. The molecule has 1 aliphatic heterocycles. The number of amides is 1. The second-order valence-electron chi connectivity index (χ2n) is 5.21. The summed E-state index contributed by atoms with van der Waals surface area (Å²) in [5.41, 5.74) is 6.61. The molecule has 7 heteroatoms. The highest BCUT2D eigenvalue weighted by atomic mass is 16.4. The minimum Gasteiger partial charge on any atom is -0.508 e. The molecule has 1 aromatic carbocycles. The Morgan fingerprint density at radius 3 is 2.52 bits per heavy atom. The summed E-state index contributed by atoms with van der Waals surface area (Å²) < 4.78 is 0. The van der Waals surface area contributed by atoms with Gasteiger partial charge in [0, 0.05) is 13.0 Å². The van der Waals surface area contributed by atoms with Gasteiger partial charge in [-0.1, -0.05) is 12.1 Å². The van der Waals surface area contributed by atoms with Crippen LogP contribution in [0.1, 0.15) is 12.0 Å². The van der Waals surface area contributed by atoms with E-state index in [9.17, 15) is 19.8 Å². The number of aliphatic hydroxyl groups excluding tert-OH is 1. The van der Waals surface area contributed by atoms with Crippen LogP contribution in [-0.4, -0.2) is 56.8 Å². The molecule has 0 aliphatic carbocycles. The van der Waals surface area contributed by atoms with Gasteiger partial charge in [-0.25, -0.2) is 4.79 Å². The van der Waals surface area contributed by atoms with Gasteiger partial charge in [0.05, 0.1) is 12.1 Å². The van der Waals surface area contributed by atoms with Crippen molar-refractivity contribution in [2.45, 2.75) is 31.0 Å². The third-order valence-corrected chi connectivity index (χ3v) is 3.56. The van der Waals surface area contributed by atoms with Gasteiger partial charge in [-0.05, 0) is 24.1 Å². The van der Waals surface area contributed by atoms with Crippen LogP contribution in [-0.2, 0) is 16.0 Å². The van der Waals surface area contributed by atoms with Gasteiger partial charge in [0.25, 0.3) is 0 Å². The number of aliphatic carboxylic acids is 1. The highest BCUT2D eigenvalue weighted by molar-refractivity contribution is 5.87. The van der Waals surface area contributed by atoms with Crippen LogP contribution in [0.4, 0.5) is 0 Å². The van der Waals surface area contributed by atoms with Crippen LogP contribution < -0.4 is 5.73 Å². The minimum absolute atomic E-state index is 0.0148. The topological polar surface area (TPSA) is 124 Å². The maximum Gasteiger partial charge on any atom is 0.326 e. The van der Waals surface area contributed by atoms with E-state index in [1.54, 1.807) is 12.1 Å². The van der Waals surface area contributed by atoms with E-state index in [2.05, 4.69) is 0 Å². The SMILES string of the molecule is N[C@H](Cc1ccc(O)cc1)C(=O)N1C[C@H](O)C[C@H]1C(=O)O. The fourth-order valence-corrected chi connectivity index (χ4v) is 2.48. The Kier molecular flexibility index (Phi) is 4.44. The molecule has 21 heavy (non-hydrogen) atoms. The molecule has 0 aromatic heterocycles. The number of nitrogens with zero attached hydrogens (tertiary/aromatic N) is 1. The van der Waals surface area contributed by atoms with Crippen molar-refractivity contribution in [2.75, 3.05) is 6.54 Å². The predicted octanol–water partition coefficient (Wildman–Crippen LogP) is -0.692. The van der Waals surface area contributed by atoms with Gasteiger partial charge in [0.15, 0.2) is 0 Å². The van der Waals surface area contributed by atoms with E-state index in [0.717, 1.165) is 10.5 Å². The lowest BCUT2D eigenvalue weighted by Crippen LogP contribution is -2.49. The van der Waals surface area contributed by atoms with Crippen molar-refractivity contribution in [2.24, 2.45) is 5.73 Å². The number of carbonyl (C=O) groups is 2. The van der Waals surface area contributed by atoms with Crippen LogP contribution in [0, 0.1) is 0 Å². The maximum atomic E-state index is 12.3. The van der Waals surface area contributed by atoms with Gasteiger partial charge >= 0.3 is 5.97 Å². The summed E-state index contributed by atoms with van der Waals surface area (Å²) in [7, 11) is 0. The molecule has 0 radical (unpaired) electrons. The van der Waals surface area contributed by atoms with Crippen LogP contribution in [0.3, 0.4) is 0 Å². The Balaban J connectivity index is 2.04. The summed E-state index contributed by atoms with van der Waals surface area (Å²) >= 11 is 0. The number of carboxylic acids is 1. The Morgan fingerprint density at radius 1 is 1.33 bits per heavy atom. The molecule has 1 amide bonds. The Hall–Kier alpha value is -2.12. The summed E-state index contributed by atoms with van der Waals surface area (Å²) in [4.78, 5) is 24.5. The quantitative estimate of drug-likeness (QED) is 0.582. The zero-order chi connectivity index (χ0) is 15.6. The minimum atomic E-state index is -1.14. The van der Waals surface area contributed by atoms with Gasteiger partial charge in [0.1, 0.15) is 11.8 Å². The molecule has 114 valence electrons. The van der Waals surface area contributed by atoms with E-state index in [0.29, 0.717) is 0 Å². The molecule has 0 unspecified atom stereocenters. The number of β-amino-alcohol motifs (C(OH)–C–C–N with tert-alkyl or cyclic N) is 1. The monoisotopic (exact) mass is 294 g/mol. The highest BCUT2D eigenvalue weighted by Gasteiger charge is 2.40. The van der Waals surface area contributed by atoms with Gasteiger partial charge in [0.2, 0.25) is 5.91 Å². The molecule has 0 saturated carbocycles. The van der Waals surface area contributed by atoms with Gasteiger partial charge in [-0.2, -0.15) is 0 Å². The maximum absolute atomic E-state index is 12.3. The molecule has 1 aromatic rings. The first kappa shape index (κ1) is 15.3. The lowest BCUT2D eigenvalue weighted by atomic mass is 10.0. The fraction of sp³-hybridized carbons (Fsp3) is 0.429. The number of hydrogen-bond donors (Lipinski definition) is 4. The van der Waals surface area contributed by atoms with Gasteiger partial charge in [-0.3, -0.25) is 4.79 Å². The number of hydrogen-bond acceptors (Lipinski definition) is 5. The fourth-order valence-electron chi connectivity index (χ4n) is 2.48. The molecule has 1 saturated heterocycles. The smallest absolute Gasteiger partial charge is 0.326 e. The van der Waals surface area contributed by atoms with Crippen LogP contribution in [0.15, 0.2) is 24.3 Å². The van der Waals surface area contributed by atoms with Crippen molar-refractivity contribution in [3.63, 3.8) is 0 Å². The number of nitrogens with two attached hydrogens (primary N) is 1. The first-order valence-corrected chi connectivity index (χ1v) is 6.63. The van der Waals surface area contributed by atoms with Crippen molar-refractivity contribution in [1.29, 1.82) is 0 Å². The second-order valence-corrected chi connectivity index (χ2v) is 5.21. The third-order valence-electron chi connectivity index (χ3n) is 3.56. The number of rotatable bonds is 4. The standard InChI is InChI=1S/C14H18N2O5/c15-11(5-8-1-3-9(17)4-2-8)13(19)16-7-10(18)6-12(16)14(20)21/h1-4,10-12,17-18H,5-7,15H2,(H,20,21)/t10-,11-,12+/m1/s1. The Morgan fingerprint density at radius 2 is 1.95 bits per heavy atom. The van der Waals surface area contributed by atoms with E-state index in [-0.39, 0.29) is 25.1 Å². The van der Waals surface area contributed by atoms with Crippen molar-refractivity contribution < 1.29 is 24.9 Å². The normalized spacial score (nSPS) is 23.0. The molecule has 7 nitrogen and oxygen atoms in total. The van der Waals surface area contributed by atoms with E-state index in [1.165, 1.54) is 12.1 Å². The van der Waals surface area contributed by atoms with Crippen molar-refractivity contribution in [1.82, 2.24) is 4.90 Å². The van der Waals surface area contributed by atoms with Gasteiger partial charge in [-0.15, -0.1) is 0 Å². The summed E-state index contributed by atoms with van der Waals surface area (Å²) in [5, 5.41) is 27.8. The van der Waals surface area contributed by atoms with Crippen LogP contribution in [0.25, 0.3) is 0 Å². The van der Waals surface area contributed by atoms with Crippen molar-refractivity contribution in [3.8, 4) is 5.75 Å². The number of carbonyl (C=O) groups excluding carboxylic acids is 1. The molecule has 1 fully saturated rings. The van der Waals surface area contributed by atoms with Crippen LogP contribution >= 0.6 is 0 Å². The zero-order valence-electron chi connectivity index (χ0n) is 11.3. The third kappa shape index (κ3) is 3.50. The Labute approximate surface area is 121 Å². The molecule has 0 bridgehead atoms. The lowest BCUT2D eigenvalue weighted by molar-refractivity contribution is -0.148. The van der Waals surface area contributed by atoms with Crippen LogP contribution in [0.2, 0.25) is 0 Å². The number of benzene rings is 1. The number of aromatic hydroxyl groups is 1. The Bertz CT molecular complexity index is 531. The molecule has 2 rings (SSSR count). The summed E-state index contributed by atoms with van der Waals surface area (Å²) in [5.74, 6) is -1.52. The van der Waals surface area contributed by atoms with Crippen LogP contribution in [0.5, 0.6) is 5.75 Å². The van der Waals surface area contributed by atoms with Gasteiger partial charge < -0.3 is 26.0 Å². The average Bonchev–Trinajstić information content (AvgIpc) is 2.82. The zero-order valence-corrected chi connectivity index (χ0v) is 11.3. The average molecular weight is 294 g/mol. The molecule has 1 aliphatic rings. The predicted molar refractivity (Wildman–Crippen MR) is 73.5 cm³/mol.